The van der Waals surface area contributed by atoms with Crippen molar-refractivity contribution in [3.63, 3.8) is 0 Å². The van der Waals surface area contributed by atoms with Crippen molar-refractivity contribution in [1.29, 1.82) is 0 Å². The van der Waals surface area contributed by atoms with Crippen molar-refractivity contribution in [2.75, 3.05) is 11.9 Å². The largest absolute Gasteiger partial charge is 0.394 e. The molecule has 0 amide bonds. The molecule has 15 heavy (non-hydrogen) atoms. The van der Waals surface area contributed by atoms with Crippen LogP contribution in [0.25, 0.3) is 0 Å². The third-order valence-corrected chi connectivity index (χ3v) is 2.52. The number of rotatable bonds is 5. The summed E-state index contributed by atoms with van der Waals surface area (Å²) in [5.74, 6) is 1.36. The van der Waals surface area contributed by atoms with Crippen LogP contribution in [-0.2, 0) is 0 Å². The summed E-state index contributed by atoms with van der Waals surface area (Å²) in [7, 11) is 0. The van der Waals surface area contributed by atoms with E-state index < -0.39 is 0 Å². The highest BCUT2D eigenvalue weighted by atomic mass is 79.9. The summed E-state index contributed by atoms with van der Waals surface area (Å²) >= 11 is 3.33. The number of aromatic nitrogens is 1. The summed E-state index contributed by atoms with van der Waals surface area (Å²) in [6, 6.07) is 3.91. The lowest BCUT2D eigenvalue weighted by molar-refractivity contribution is 0.259. The maximum Gasteiger partial charge on any atom is 0.126 e. The summed E-state index contributed by atoms with van der Waals surface area (Å²) in [4.78, 5) is 4.20. The number of pyridine rings is 1. The highest BCUT2D eigenvalue weighted by Gasteiger charge is 2.09. The Labute approximate surface area is 99.1 Å². The van der Waals surface area contributed by atoms with Gasteiger partial charge in [0.2, 0.25) is 0 Å². The number of halogens is 1. The first-order chi connectivity index (χ1) is 7.11. The fraction of sp³-hybridized carbons (Fsp3) is 0.545. The maximum absolute atomic E-state index is 9.19. The van der Waals surface area contributed by atoms with E-state index in [2.05, 4.69) is 40.1 Å². The van der Waals surface area contributed by atoms with Gasteiger partial charge in [0, 0.05) is 10.7 Å². The van der Waals surface area contributed by atoms with Gasteiger partial charge in [0.25, 0.3) is 0 Å². The smallest absolute Gasteiger partial charge is 0.126 e. The van der Waals surface area contributed by atoms with Gasteiger partial charge in [-0.05, 0) is 40.4 Å². The lowest BCUT2D eigenvalue weighted by atomic mass is 10.0. The van der Waals surface area contributed by atoms with Crippen LogP contribution in [0.4, 0.5) is 5.82 Å². The minimum atomic E-state index is 0.0821. The molecule has 0 aliphatic heterocycles. The normalized spacial score (nSPS) is 12.9. The van der Waals surface area contributed by atoms with E-state index in [1.807, 2.05) is 12.1 Å². The average Bonchev–Trinajstić information content (AvgIpc) is 2.19. The second kappa shape index (κ2) is 6.08. The third-order valence-electron chi connectivity index (χ3n) is 2.06. The second-order valence-electron chi connectivity index (χ2n) is 4.02. The van der Waals surface area contributed by atoms with E-state index in [1.54, 1.807) is 6.20 Å². The summed E-state index contributed by atoms with van der Waals surface area (Å²) in [5.41, 5.74) is 0. The van der Waals surface area contributed by atoms with Crippen LogP contribution in [0.5, 0.6) is 0 Å². The molecule has 0 aliphatic carbocycles. The predicted molar refractivity (Wildman–Crippen MR) is 65.9 cm³/mol. The van der Waals surface area contributed by atoms with E-state index in [1.165, 1.54) is 0 Å². The van der Waals surface area contributed by atoms with Gasteiger partial charge in [-0.15, -0.1) is 0 Å². The third kappa shape index (κ3) is 4.62. The molecule has 1 atom stereocenters. The Morgan fingerprint density at radius 1 is 1.47 bits per heavy atom. The van der Waals surface area contributed by atoms with Crippen molar-refractivity contribution in [3.05, 3.63) is 22.8 Å². The average molecular weight is 273 g/mol. The van der Waals surface area contributed by atoms with Gasteiger partial charge < -0.3 is 10.4 Å². The Morgan fingerprint density at radius 3 is 2.67 bits per heavy atom. The van der Waals surface area contributed by atoms with E-state index in [0.717, 1.165) is 16.7 Å². The van der Waals surface area contributed by atoms with Gasteiger partial charge in [-0.2, -0.15) is 0 Å². The van der Waals surface area contributed by atoms with Crippen molar-refractivity contribution in [2.24, 2.45) is 5.92 Å². The van der Waals surface area contributed by atoms with Gasteiger partial charge >= 0.3 is 0 Å². The lowest BCUT2D eigenvalue weighted by Gasteiger charge is -2.18. The van der Waals surface area contributed by atoms with Gasteiger partial charge in [0.15, 0.2) is 0 Å². The Hall–Kier alpha value is -0.610. The van der Waals surface area contributed by atoms with Gasteiger partial charge in [-0.1, -0.05) is 13.8 Å². The molecular weight excluding hydrogens is 256 g/mol. The van der Waals surface area contributed by atoms with E-state index in [9.17, 15) is 5.11 Å². The van der Waals surface area contributed by atoms with Crippen molar-refractivity contribution >= 4 is 21.7 Å². The van der Waals surface area contributed by atoms with Crippen LogP contribution in [0, 0.1) is 5.92 Å². The van der Waals surface area contributed by atoms with Crippen molar-refractivity contribution in [2.45, 2.75) is 26.3 Å². The highest BCUT2D eigenvalue weighted by Crippen LogP contribution is 2.13. The molecular formula is C11H17BrN2O. The first-order valence-corrected chi connectivity index (χ1v) is 5.90. The first kappa shape index (κ1) is 12.5. The molecule has 0 spiro atoms. The summed E-state index contributed by atoms with van der Waals surface area (Å²) < 4.78 is 0.956. The molecule has 0 fully saturated rings. The molecule has 1 aromatic heterocycles. The topological polar surface area (TPSA) is 45.1 Å². The van der Waals surface area contributed by atoms with E-state index >= 15 is 0 Å². The number of nitrogens with one attached hydrogen (secondary N) is 1. The van der Waals surface area contributed by atoms with E-state index in [4.69, 9.17) is 0 Å². The molecule has 0 radical (unpaired) electrons. The molecule has 0 saturated carbocycles. The zero-order valence-corrected chi connectivity index (χ0v) is 10.7. The first-order valence-electron chi connectivity index (χ1n) is 5.10. The van der Waals surface area contributed by atoms with Gasteiger partial charge in [0.1, 0.15) is 5.82 Å². The number of hydrogen-bond donors (Lipinski definition) is 2. The summed E-state index contributed by atoms with van der Waals surface area (Å²) in [6.45, 7) is 4.41. The second-order valence-corrected chi connectivity index (χ2v) is 4.93. The van der Waals surface area contributed by atoms with Crippen LogP contribution >= 0.6 is 15.9 Å². The highest BCUT2D eigenvalue weighted by molar-refractivity contribution is 9.10. The zero-order chi connectivity index (χ0) is 11.3. The molecule has 1 rings (SSSR count). The number of hydrogen-bond acceptors (Lipinski definition) is 3. The van der Waals surface area contributed by atoms with Crippen LogP contribution in [0.2, 0.25) is 0 Å². The molecule has 0 bridgehead atoms. The summed E-state index contributed by atoms with van der Waals surface area (Å²) in [5, 5.41) is 12.4. The van der Waals surface area contributed by atoms with Crippen molar-refractivity contribution in [3.8, 4) is 0 Å². The SMILES string of the molecule is CC(C)CC(CO)Nc1ccc(Br)cn1. The quantitative estimate of drug-likeness (QED) is 0.867. The molecule has 3 nitrogen and oxygen atoms in total. The van der Waals surface area contributed by atoms with Crippen molar-refractivity contribution in [1.82, 2.24) is 4.98 Å². The number of anilines is 1. The molecule has 0 aromatic carbocycles. The standard InChI is InChI=1S/C11H17BrN2O/c1-8(2)5-10(7-15)14-11-4-3-9(12)6-13-11/h3-4,6,8,10,15H,5,7H2,1-2H3,(H,13,14). The fourth-order valence-corrected chi connectivity index (χ4v) is 1.65. The minimum absolute atomic E-state index is 0.0821. The van der Waals surface area contributed by atoms with Crippen molar-refractivity contribution < 1.29 is 5.11 Å². The van der Waals surface area contributed by atoms with Crippen LogP contribution in [0.3, 0.4) is 0 Å². The van der Waals surface area contributed by atoms with Gasteiger partial charge in [-0.25, -0.2) is 4.98 Å². The molecule has 1 heterocycles. The fourth-order valence-electron chi connectivity index (χ4n) is 1.42. The molecule has 84 valence electrons. The zero-order valence-electron chi connectivity index (χ0n) is 9.07. The van der Waals surface area contributed by atoms with E-state index in [0.29, 0.717) is 5.92 Å². The Bertz CT molecular complexity index is 287. The Morgan fingerprint density at radius 2 is 2.20 bits per heavy atom. The molecule has 2 N–H and O–H groups in total. The molecule has 0 saturated heterocycles. The number of aliphatic hydroxyl groups excluding tert-OH is 1. The summed E-state index contributed by atoms with van der Waals surface area (Å²) in [6.07, 6.45) is 2.68. The maximum atomic E-state index is 9.19. The van der Waals surface area contributed by atoms with E-state index in [-0.39, 0.29) is 12.6 Å². The molecule has 0 aliphatic rings. The number of aliphatic hydroxyl groups is 1. The predicted octanol–water partition coefficient (Wildman–Crippen LogP) is 2.66. The Kier molecular flexibility index (Phi) is 5.05. The molecule has 1 aromatic rings. The van der Waals surface area contributed by atoms with Crippen LogP contribution < -0.4 is 5.32 Å². The van der Waals surface area contributed by atoms with Crippen LogP contribution in [0.15, 0.2) is 22.8 Å². The molecule has 4 heteroatoms. The Balaban J connectivity index is 2.54. The van der Waals surface area contributed by atoms with Crippen LogP contribution in [-0.4, -0.2) is 22.7 Å². The van der Waals surface area contributed by atoms with Gasteiger partial charge in [0.05, 0.1) is 12.6 Å². The monoisotopic (exact) mass is 272 g/mol. The number of nitrogens with zero attached hydrogens (tertiary/aromatic N) is 1. The van der Waals surface area contributed by atoms with Crippen LogP contribution in [0.1, 0.15) is 20.3 Å². The lowest BCUT2D eigenvalue weighted by Crippen LogP contribution is -2.25. The minimum Gasteiger partial charge on any atom is -0.394 e. The molecule has 1 unspecified atom stereocenters. The van der Waals surface area contributed by atoms with Gasteiger partial charge in [-0.3, -0.25) is 0 Å².